The Bertz CT molecular complexity index is 1110. The monoisotopic (exact) mass is 524 g/mol. The lowest BCUT2D eigenvalue weighted by Crippen LogP contribution is -2.67. The molecule has 9 nitrogen and oxygen atoms in total. The summed E-state index contributed by atoms with van der Waals surface area (Å²) in [6, 6.07) is 9.29. The van der Waals surface area contributed by atoms with E-state index in [2.05, 4.69) is 0 Å². The SMILES string of the molecule is CN1C(=O)C2C3OC4CCCCC4OC3C3C(C4CC(OCc5ccccc5)CCC4N3C(=O)O)C2C1=O. The van der Waals surface area contributed by atoms with E-state index in [9.17, 15) is 19.5 Å². The number of nitrogens with zero attached hydrogens (tertiary/aromatic N) is 2. The molecule has 0 spiro atoms. The van der Waals surface area contributed by atoms with Crippen molar-refractivity contribution >= 4 is 17.9 Å². The van der Waals surface area contributed by atoms with Crippen molar-refractivity contribution in [3.63, 3.8) is 0 Å². The number of ether oxygens (including phenoxy) is 3. The van der Waals surface area contributed by atoms with Gasteiger partial charge in [-0.2, -0.15) is 0 Å². The van der Waals surface area contributed by atoms with Gasteiger partial charge < -0.3 is 19.3 Å². The first-order valence-electron chi connectivity index (χ1n) is 14.2. The molecule has 3 saturated heterocycles. The first-order valence-corrected chi connectivity index (χ1v) is 14.2. The molecule has 1 N–H and O–H groups in total. The third-order valence-electron chi connectivity index (χ3n) is 10.3. The summed E-state index contributed by atoms with van der Waals surface area (Å²) >= 11 is 0. The molecular weight excluding hydrogens is 488 g/mol. The number of carbonyl (C=O) groups excluding carboxylic acids is 2. The minimum absolute atomic E-state index is 0.0294. The first-order chi connectivity index (χ1) is 18.4. The van der Waals surface area contributed by atoms with Crippen LogP contribution in [0.5, 0.6) is 0 Å². The van der Waals surface area contributed by atoms with Gasteiger partial charge in [-0.25, -0.2) is 4.79 Å². The number of hydrogen-bond acceptors (Lipinski definition) is 6. The molecule has 3 aliphatic heterocycles. The fourth-order valence-electron chi connectivity index (χ4n) is 8.74. The molecule has 0 bridgehead atoms. The fraction of sp³-hybridized carbons (Fsp3) is 0.690. The maximum atomic E-state index is 13.6. The van der Waals surface area contributed by atoms with Crippen LogP contribution in [0.1, 0.15) is 50.5 Å². The van der Waals surface area contributed by atoms with E-state index in [4.69, 9.17) is 14.2 Å². The highest BCUT2D eigenvalue weighted by Crippen LogP contribution is 2.58. The molecule has 38 heavy (non-hydrogen) atoms. The summed E-state index contributed by atoms with van der Waals surface area (Å²) in [7, 11) is 1.55. The number of rotatable bonds is 3. The molecule has 6 fully saturated rings. The Morgan fingerprint density at radius 1 is 0.974 bits per heavy atom. The molecule has 3 aliphatic carbocycles. The van der Waals surface area contributed by atoms with Crippen molar-refractivity contribution in [1.82, 2.24) is 9.80 Å². The highest BCUT2D eigenvalue weighted by Gasteiger charge is 2.71. The number of hydrogen-bond donors (Lipinski definition) is 1. The van der Waals surface area contributed by atoms with Crippen molar-refractivity contribution in [2.24, 2.45) is 23.7 Å². The molecule has 3 saturated carbocycles. The maximum Gasteiger partial charge on any atom is 0.407 e. The number of carboxylic acid groups (broad SMARTS) is 1. The Labute approximate surface area is 222 Å². The maximum absolute atomic E-state index is 13.6. The Morgan fingerprint density at radius 3 is 2.37 bits per heavy atom. The molecule has 9 heteroatoms. The minimum Gasteiger partial charge on any atom is -0.465 e. The number of likely N-dealkylation sites (tertiary alicyclic amines) is 2. The standard InChI is InChI=1S/C29H36N2O7/c1-30-27(32)22-21-17-13-16(36-14-15-7-3-2-4-8-15)11-12-18(17)31(29(34)35)24(21)26-25(23(22)28(30)33)37-19-9-5-6-10-20(19)38-26/h2-4,7-8,16-26H,5-6,9-14H2,1H3,(H,34,35). The summed E-state index contributed by atoms with van der Waals surface area (Å²) in [4.78, 5) is 42.7. The average Bonchev–Trinajstić information content (AvgIpc) is 3.39. The molecule has 1 aromatic carbocycles. The van der Waals surface area contributed by atoms with E-state index in [1.165, 1.54) is 4.90 Å². The van der Waals surface area contributed by atoms with E-state index in [0.29, 0.717) is 19.4 Å². The van der Waals surface area contributed by atoms with Gasteiger partial charge in [-0.1, -0.05) is 43.2 Å². The van der Waals surface area contributed by atoms with Crippen molar-refractivity contribution in [2.45, 2.75) is 94.2 Å². The van der Waals surface area contributed by atoms with Crippen LogP contribution in [0, 0.1) is 23.7 Å². The molecule has 0 radical (unpaired) electrons. The summed E-state index contributed by atoms with van der Waals surface area (Å²) in [6.07, 6.45) is 3.59. The quantitative estimate of drug-likeness (QED) is 0.606. The minimum atomic E-state index is -0.979. The van der Waals surface area contributed by atoms with Gasteiger partial charge in [0, 0.05) is 13.1 Å². The van der Waals surface area contributed by atoms with Gasteiger partial charge in [-0.3, -0.25) is 19.4 Å². The van der Waals surface area contributed by atoms with Gasteiger partial charge >= 0.3 is 6.09 Å². The lowest BCUT2D eigenvalue weighted by atomic mass is 9.62. The van der Waals surface area contributed by atoms with E-state index in [0.717, 1.165) is 37.7 Å². The van der Waals surface area contributed by atoms with Crippen molar-refractivity contribution in [3.05, 3.63) is 35.9 Å². The van der Waals surface area contributed by atoms with Crippen LogP contribution >= 0.6 is 0 Å². The number of carbonyl (C=O) groups is 3. The van der Waals surface area contributed by atoms with Crippen LogP contribution in [0.15, 0.2) is 30.3 Å². The van der Waals surface area contributed by atoms with Gasteiger partial charge in [0.25, 0.3) is 0 Å². The largest absolute Gasteiger partial charge is 0.465 e. The Hall–Kier alpha value is -2.49. The molecular formula is C29H36N2O7. The molecule has 204 valence electrons. The second-order valence-corrected chi connectivity index (χ2v) is 12.1. The summed E-state index contributed by atoms with van der Waals surface area (Å²) in [6.45, 7) is 0.497. The first kappa shape index (κ1) is 24.5. The fourth-order valence-corrected chi connectivity index (χ4v) is 8.74. The van der Waals surface area contributed by atoms with Crippen LogP contribution in [-0.2, 0) is 30.4 Å². The molecule has 11 unspecified atom stereocenters. The smallest absolute Gasteiger partial charge is 0.407 e. The third kappa shape index (κ3) is 3.65. The highest BCUT2D eigenvalue weighted by atomic mass is 16.6. The second kappa shape index (κ2) is 9.31. The zero-order chi connectivity index (χ0) is 26.1. The summed E-state index contributed by atoms with van der Waals surface area (Å²) in [5.41, 5.74) is 1.10. The summed E-state index contributed by atoms with van der Waals surface area (Å²) in [5, 5.41) is 10.5. The molecule has 6 aliphatic rings. The normalized spacial score (nSPS) is 43.7. The number of fused-ring (bicyclic) bond motifs is 9. The van der Waals surface area contributed by atoms with Gasteiger partial charge in [0.2, 0.25) is 11.8 Å². The number of amides is 3. The van der Waals surface area contributed by atoms with Crippen LogP contribution < -0.4 is 0 Å². The van der Waals surface area contributed by atoms with Crippen molar-refractivity contribution in [2.75, 3.05) is 7.05 Å². The predicted octanol–water partition coefficient (Wildman–Crippen LogP) is 3.06. The van der Waals surface area contributed by atoms with Crippen molar-refractivity contribution in [3.8, 4) is 0 Å². The molecule has 7 rings (SSSR count). The van der Waals surface area contributed by atoms with Crippen LogP contribution in [0.4, 0.5) is 4.79 Å². The number of benzene rings is 1. The molecule has 0 aromatic heterocycles. The van der Waals surface area contributed by atoms with E-state index < -0.39 is 36.2 Å². The molecule has 3 amide bonds. The third-order valence-corrected chi connectivity index (χ3v) is 10.3. The zero-order valence-corrected chi connectivity index (χ0v) is 21.7. The predicted molar refractivity (Wildman–Crippen MR) is 134 cm³/mol. The second-order valence-electron chi connectivity index (χ2n) is 12.1. The van der Waals surface area contributed by atoms with E-state index in [1.807, 2.05) is 30.3 Å². The number of imide groups is 1. The Balaban J connectivity index is 1.23. The van der Waals surface area contributed by atoms with Crippen LogP contribution in [0.2, 0.25) is 0 Å². The van der Waals surface area contributed by atoms with Gasteiger partial charge in [-0.05, 0) is 49.5 Å². The van der Waals surface area contributed by atoms with Crippen molar-refractivity contribution < 1.29 is 33.7 Å². The van der Waals surface area contributed by atoms with E-state index in [-0.39, 0.29) is 48.0 Å². The Kier molecular flexibility index (Phi) is 6.01. The van der Waals surface area contributed by atoms with Crippen LogP contribution in [-0.4, -0.2) is 82.5 Å². The zero-order valence-electron chi connectivity index (χ0n) is 21.7. The summed E-state index contributed by atoms with van der Waals surface area (Å²) < 4.78 is 19.6. The molecule has 1 aromatic rings. The van der Waals surface area contributed by atoms with Gasteiger partial charge in [0.15, 0.2) is 0 Å². The van der Waals surface area contributed by atoms with Crippen LogP contribution in [0.25, 0.3) is 0 Å². The van der Waals surface area contributed by atoms with Gasteiger partial charge in [0.1, 0.15) is 6.10 Å². The van der Waals surface area contributed by atoms with Crippen LogP contribution in [0.3, 0.4) is 0 Å². The Morgan fingerprint density at radius 2 is 1.66 bits per heavy atom. The lowest BCUT2D eigenvalue weighted by Gasteiger charge is -2.53. The summed E-state index contributed by atoms with van der Waals surface area (Å²) in [5.74, 6) is -2.01. The van der Waals surface area contributed by atoms with Gasteiger partial charge in [0.05, 0.1) is 48.9 Å². The molecule has 11 atom stereocenters. The average molecular weight is 525 g/mol. The van der Waals surface area contributed by atoms with E-state index in [1.54, 1.807) is 11.9 Å². The van der Waals surface area contributed by atoms with Crippen molar-refractivity contribution in [1.29, 1.82) is 0 Å². The highest BCUT2D eigenvalue weighted by molar-refractivity contribution is 6.05. The van der Waals surface area contributed by atoms with E-state index >= 15 is 0 Å². The molecule has 3 heterocycles. The lowest BCUT2D eigenvalue weighted by molar-refractivity contribution is -0.271. The topological polar surface area (TPSA) is 106 Å². The van der Waals surface area contributed by atoms with Gasteiger partial charge in [-0.15, -0.1) is 0 Å².